The molecule has 0 unspecified atom stereocenters. The van der Waals surface area contributed by atoms with Crippen LogP contribution in [0.25, 0.3) is 11.1 Å². The molecule has 2 aromatic carbocycles. The van der Waals surface area contributed by atoms with Crippen molar-refractivity contribution in [3.05, 3.63) is 65.6 Å². The lowest BCUT2D eigenvalue weighted by Gasteiger charge is -2.12. The highest BCUT2D eigenvalue weighted by atomic mass is 19.4. The summed E-state index contributed by atoms with van der Waals surface area (Å²) >= 11 is 0. The minimum absolute atomic E-state index is 0.0768. The third-order valence-corrected chi connectivity index (χ3v) is 4.86. The number of nitrogens with one attached hydrogen (secondary N) is 4. The van der Waals surface area contributed by atoms with Crippen LogP contribution in [0.2, 0.25) is 0 Å². The maximum atomic E-state index is 13.8. The molecule has 0 bridgehead atoms. The van der Waals surface area contributed by atoms with E-state index in [9.17, 15) is 31.9 Å². The zero-order chi connectivity index (χ0) is 25.8. The van der Waals surface area contributed by atoms with E-state index in [0.29, 0.717) is 35.7 Å². The van der Waals surface area contributed by atoms with Gasteiger partial charge in [-0.05, 0) is 42.3 Å². The summed E-state index contributed by atoms with van der Waals surface area (Å²) in [6.45, 7) is 1.83. The summed E-state index contributed by atoms with van der Waals surface area (Å²) in [6, 6.07) is 6.73. The van der Waals surface area contributed by atoms with E-state index in [-0.39, 0.29) is 29.4 Å². The number of H-pyrrole nitrogens is 1. The lowest BCUT2D eigenvalue weighted by molar-refractivity contribution is -0.137. The number of rotatable bonds is 7. The van der Waals surface area contributed by atoms with Crippen LogP contribution >= 0.6 is 0 Å². The number of nitrogens with two attached hydrogens (primary N) is 1. The topological polar surface area (TPSA) is 129 Å². The van der Waals surface area contributed by atoms with Crippen LogP contribution in [0.4, 0.5) is 39.5 Å². The van der Waals surface area contributed by atoms with Crippen LogP contribution < -0.4 is 21.7 Å². The number of aromatic amines is 1. The van der Waals surface area contributed by atoms with Crippen LogP contribution in [0.3, 0.4) is 0 Å². The molecule has 0 aliphatic rings. The Labute approximate surface area is 196 Å². The number of primary amides is 1. The smallest absolute Gasteiger partial charge is 0.365 e. The second-order valence-corrected chi connectivity index (χ2v) is 7.46. The average molecular weight is 491 g/mol. The Morgan fingerprint density at radius 1 is 1.00 bits per heavy atom. The second kappa shape index (κ2) is 10.3. The Balaban J connectivity index is 1.75. The monoisotopic (exact) mass is 491 g/mol. The first-order valence-corrected chi connectivity index (χ1v) is 10.4. The predicted molar refractivity (Wildman–Crippen MR) is 122 cm³/mol. The molecule has 0 fully saturated rings. The highest BCUT2D eigenvalue weighted by Gasteiger charge is 2.31. The third kappa shape index (κ3) is 6.16. The van der Waals surface area contributed by atoms with Gasteiger partial charge in [0.05, 0.1) is 16.8 Å². The number of halogens is 4. The number of benzene rings is 2. The molecule has 12 heteroatoms. The second-order valence-electron chi connectivity index (χ2n) is 7.46. The summed E-state index contributed by atoms with van der Waals surface area (Å²) < 4.78 is 52.4. The SMILES string of the molecule is CCCC(=O)Nc1[nH]cc(-c2ccc(NC(=O)Nc3cc(C(F)(F)F)ccc3F)cc2)c1C(N)=O. The zero-order valence-corrected chi connectivity index (χ0v) is 18.3. The lowest BCUT2D eigenvalue weighted by Crippen LogP contribution is -2.20. The third-order valence-electron chi connectivity index (χ3n) is 4.86. The highest BCUT2D eigenvalue weighted by Crippen LogP contribution is 2.32. The van der Waals surface area contributed by atoms with Gasteiger partial charge in [-0.3, -0.25) is 9.59 Å². The number of aromatic nitrogens is 1. The van der Waals surface area contributed by atoms with Gasteiger partial charge in [0.1, 0.15) is 11.6 Å². The molecule has 0 saturated heterocycles. The van der Waals surface area contributed by atoms with Gasteiger partial charge in [-0.2, -0.15) is 13.2 Å². The summed E-state index contributed by atoms with van der Waals surface area (Å²) in [5.74, 6) is -1.92. The van der Waals surface area contributed by atoms with Gasteiger partial charge >= 0.3 is 12.2 Å². The summed E-state index contributed by atoms with van der Waals surface area (Å²) in [6.07, 6.45) is -2.32. The Morgan fingerprint density at radius 3 is 2.29 bits per heavy atom. The maximum absolute atomic E-state index is 13.8. The molecule has 35 heavy (non-hydrogen) atoms. The van der Waals surface area contributed by atoms with E-state index in [1.807, 2.05) is 12.2 Å². The van der Waals surface area contributed by atoms with Crippen LogP contribution in [0.15, 0.2) is 48.7 Å². The van der Waals surface area contributed by atoms with Crippen LogP contribution in [0.5, 0.6) is 0 Å². The first-order valence-electron chi connectivity index (χ1n) is 10.4. The van der Waals surface area contributed by atoms with Crippen LogP contribution in [0.1, 0.15) is 35.7 Å². The van der Waals surface area contributed by atoms with Crippen molar-refractivity contribution >= 4 is 35.0 Å². The van der Waals surface area contributed by atoms with Gasteiger partial charge in [0, 0.05) is 23.9 Å². The maximum Gasteiger partial charge on any atom is 0.416 e. The quantitative estimate of drug-likeness (QED) is 0.287. The molecule has 0 aliphatic heterocycles. The Morgan fingerprint density at radius 2 is 1.69 bits per heavy atom. The van der Waals surface area contributed by atoms with Crippen LogP contribution in [0, 0.1) is 5.82 Å². The van der Waals surface area contributed by atoms with E-state index in [1.54, 1.807) is 12.1 Å². The molecule has 3 aromatic rings. The molecule has 6 N–H and O–H groups in total. The Bertz CT molecular complexity index is 1250. The van der Waals surface area contributed by atoms with Crippen molar-refractivity contribution < 1.29 is 31.9 Å². The van der Waals surface area contributed by atoms with Crippen molar-refractivity contribution in [2.75, 3.05) is 16.0 Å². The molecule has 8 nitrogen and oxygen atoms in total. The molecular weight excluding hydrogens is 470 g/mol. The molecule has 0 saturated carbocycles. The fourth-order valence-corrected chi connectivity index (χ4v) is 3.25. The van der Waals surface area contributed by atoms with Gasteiger partial charge in [-0.15, -0.1) is 0 Å². The normalized spacial score (nSPS) is 11.1. The number of hydrogen-bond acceptors (Lipinski definition) is 3. The van der Waals surface area contributed by atoms with Gasteiger partial charge in [0.15, 0.2) is 0 Å². The number of alkyl halides is 3. The van der Waals surface area contributed by atoms with Gasteiger partial charge in [-0.25, -0.2) is 9.18 Å². The Hall–Kier alpha value is -4.35. The molecule has 0 radical (unpaired) electrons. The number of carbonyl (C=O) groups is 3. The first-order chi connectivity index (χ1) is 16.5. The van der Waals surface area contributed by atoms with E-state index in [1.165, 1.54) is 18.3 Å². The van der Waals surface area contributed by atoms with Crippen LogP contribution in [-0.4, -0.2) is 22.8 Å². The number of carbonyl (C=O) groups excluding carboxylic acids is 3. The van der Waals surface area contributed by atoms with E-state index < -0.39 is 35.2 Å². The predicted octanol–water partition coefficient (Wildman–Crippen LogP) is 5.32. The Kier molecular flexibility index (Phi) is 7.43. The summed E-state index contributed by atoms with van der Waals surface area (Å²) in [5, 5.41) is 7.02. The van der Waals surface area contributed by atoms with Crippen molar-refractivity contribution in [1.82, 2.24) is 4.98 Å². The van der Waals surface area contributed by atoms with Crippen molar-refractivity contribution in [1.29, 1.82) is 0 Å². The summed E-state index contributed by atoms with van der Waals surface area (Å²) in [5.41, 5.74) is 5.00. The first kappa shape index (κ1) is 25.3. The minimum Gasteiger partial charge on any atom is -0.365 e. The van der Waals surface area contributed by atoms with Gasteiger partial charge in [0.25, 0.3) is 5.91 Å². The molecule has 0 atom stereocenters. The molecule has 1 aromatic heterocycles. The largest absolute Gasteiger partial charge is 0.416 e. The van der Waals surface area contributed by atoms with Gasteiger partial charge < -0.3 is 26.7 Å². The van der Waals surface area contributed by atoms with E-state index >= 15 is 0 Å². The molecule has 4 amide bonds. The van der Waals surface area contributed by atoms with Crippen molar-refractivity contribution in [2.45, 2.75) is 25.9 Å². The van der Waals surface area contributed by atoms with Crippen molar-refractivity contribution in [2.24, 2.45) is 5.73 Å². The fraction of sp³-hybridized carbons (Fsp3) is 0.174. The highest BCUT2D eigenvalue weighted by molar-refractivity contribution is 6.07. The van der Waals surface area contributed by atoms with Gasteiger partial charge in [-0.1, -0.05) is 19.1 Å². The molecule has 184 valence electrons. The van der Waals surface area contributed by atoms with Crippen molar-refractivity contribution in [3.63, 3.8) is 0 Å². The molecular formula is C23H21F4N5O3. The van der Waals surface area contributed by atoms with E-state index in [2.05, 4.69) is 15.6 Å². The van der Waals surface area contributed by atoms with Crippen LogP contribution in [-0.2, 0) is 11.0 Å². The molecule has 0 spiro atoms. The minimum atomic E-state index is -4.70. The fourth-order valence-electron chi connectivity index (χ4n) is 3.25. The molecule has 3 rings (SSSR count). The average Bonchev–Trinajstić information content (AvgIpc) is 3.18. The number of hydrogen-bond donors (Lipinski definition) is 5. The van der Waals surface area contributed by atoms with E-state index in [0.717, 1.165) is 0 Å². The van der Waals surface area contributed by atoms with Crippen molar-refractivity contribution in [3.8, 4) is 11.1 Å². The van der Waals surface area contributed by atoms with Gasteiger partial charge in [0.2, 0.25) is 5.91 Å². The molecule has 0 aliphatic carbocycles. The number of urea groups is 1. The summed E-state index contributed by atoms with van der Waals surface area (Å²) in [7, 11) is 0. The number of amides is 4. The standard InChI is InChI=1S/C23H21F4N5O3/c1-2-3-18(33)32-21-19(20(28)34)15(11-29-21)12-4-7-14(8-5-12)30-22(35)31-17-10-13(23(25,26)27)6-9-16(17)24/h4-11,29H,2-3H2,1H3,(H2,28,34)(H,32,33)(H2,30,31,35). The molecule has 1 heterocycles. The number of anilines is 3. The van der Waals surface area contributed by atoms with E-state index in [4.69, 9.17) is 5.73 Å². The lowest BCUT2D eigenvalue weighted by atomic mass is 10.0. The zero-order valence-electron chi connectivity index (χ0n) is 18.3. The summed E-state index contributed by atoms with van der Waals surface area (Å²) in [4.78, 5) is 38.9.